The largest absolute Gasteiger partial charge is 0.491 e. The molecular formula is C16H22O. The van der Waals surface area contributed by atoms with E-state index in [9.17, 15) is 0 Å². The molecule has 0 saturated heterocycles. The predicted molar refractivity (Wildman–Crippen MR) is 70.8 cm³/mol. The summed E-state index contributed by atoms with van der Waals surface area (Å²) in [6.07, 6.45) is 7.23. The molecule has 2 aliphatic carbocycles. The minimum Gasteiger partial charge on any atom is -0.491 e. The third-order valence-electron chi connectivity index (χ3n) is 3.99. The second-order valence-corrected chi connectivity index (χ2v) is 5.86. The van der Waals surface area contributed by atoms with Crippen LogP contribution in [0.4, 0.5) is 0 Å². The van der Waals surface area contributed by atoms with Crippen molar-refractivity contribution in [2.24, 2.45) is 0 Å². The van der Waals surface area contributed by atoms with Gasteiger partial charge in [-0.25, -0.2) is 0 Å². The van der Waals surface area contributed by atoms with Crippen molar-refractivity contribution in [3.05, 3.63) is 29.3 Å². The van der Waals surface area contributed by atoms with E-state index in [1.807, 2.05) is 0 Å². The van der Waals surface area contributed by atoms with E-state index in [4.69, 9.17) is 4.74 Å². The first-order chi connectivity index (χ1) is 8.24. The molecule has 0 heterocycles. The van der Waals surface area contributed by atoms with Crippen molar-refractivity contribution >= 4 is 0 Å². The van der Waals surface area contributed by atoms with Gasteiger partial charge < -0.3 is 4.74 Å². The van der Waals surface area contributed by atoms with Gasteiger partial charge in [-0.15, -0.1) is 0 Å². The van der Waals surface area contributed by atoms with E-state index < -0.39 is 0 Å². The van der Waals surface area contributed by atoms with E-state index in [1.165, 1.54) is 32.1 Å². The van der Waals surface area contributed by atoms with Gasteiger partial charge in [0.25, 0.3) is 0 Å². The Bertz CT molecular complexity index is 400. The lowest BCUT2D eigenvalue weighted by Crippen LogP contribution is -2.12. The average Bonchev–Trinajstić information content (AvgIpc) is 2.97. The summed E-state index contributed by atoms with van der Waals surface area (Å²) in [7, 11) is 0. The molecule has 0 atom stereocenters. The molecule has 2 aliphatic rings. The van der Waals surface area contributed by atoms with E-state index in [1.54, 1.807) is 11.1 Å². The smallest absolute Gasteiger partial charge is 0.119 e. The first-order valence-corrected chi connectivity index (χ1v) is 7.04. The third-order valence-corrected chi connectivity index (χ3v) is 3.99. The van der Waals surface area contributed by atoms with E-state index >= 15 is 0 Å². The van der Waals surface area contributed by atoms with Crippen LogP contribution in [0.1, 0.15) is 68.9 Å². The summed E-state index contributed by atoms with van der Waals surface area (Å²) in [5, 5.41) is 0. The quantitative estimate of drug-likeness (QED) is 0.733. The van der Waals surface area contributed by atoms with Crippen molar-refractivity contribution in [2.45, 2.75) is 63.9 Å². The number of rotatable bonds is 4. The zero-order valence-corrected chi connectivity index (χ0v) is 10.9. The Morgan fingerprint density at radius 3 is 2.24 bits per heavy atom. The molecule has 2 saturated carbocycles. The van der Waals surface area contributed by atoms with Gasteiger partial charge in [-0.2, -0.15) is 0 Å². The second-order valence-electron chi connectivity index (χ2n) is 5.86. The van der Waals surface area contributed by atoms with Gasteiger partial charge in [0, 0.05) is 0 Å². The van der Waals surface area contributed by atoms with Gasteiger partial charge in [0.05, 0.1) is 6.10 Å². The number of ether oxygens (including phenoxy) is 1. The summed E-state index contributed by atoms with van der Waals surface area (Å²) in [5.41, 5.74) is 3.21. The highest BCUT2D eigenvalue weighted by molar-refractivity contribution is 5.42. The van der Waals surface area contributed by atoms with Gasteiger partial charge in [-0.3, -0.25) is 0 Å². The molecule has 1 aromatic rings. The van der Waals surface area contributed by atoms with Crippen LogP contribution < -0.4 is 4.74 Å². The topological polar surface area (TPSA) is 9.23 Å². The lowest BCUT2D eigenvalue weighted by molar-refractivity contribution is 0.241. The summed E-state index contributed by atoms with van der Waals surface area (Å²) < 4.78 is 5.83. The van der Waals surface area contributed by atoms with Gasteiger partial charge >= 0.3 is 0 Å². The zero-order valence-electron chi connectivity index (χ0n) is 10.9. The second kappa shape index (κ2) is 4.36. The average molecular weight is 230 g/mol. The Morgan fingerprint density at radius 2 is 1.71 bits per heavy atom. The fourth-order valence-corrected chi connectivity index (χ4v) is 2.74. The molecule has 0 radical (unpaired) electrons. The van der Waals surface area contributed by atoms with Gasteiger partial charge in [0.15, 0.2) is 0 Å². The van der Waals surface area contributed by atoms with Crippen LogP contribution in [0.15, 0.2) is 18.2 Å². The van der Waals surface area contributed by atoms with E-state index in [-0.39, 0.29) is 6.10 Å². The van der Waals surface area contributed by atoms with Gasteiger partial charge in [0.2, 0.25) is 0 Å². The van der Waals surface area contributed by atoms with E-state index in [0.717, 1.165) is 17.6 Å². The van der Waals surface area contributed by atoms with Crippen molar-refractivity contribution in [2.75, 3.05) is 0 Å². The predicted octanol–water partition coefficient (Wildman–Crippen LogP) is 4.62. The van der Waals surface area contributed by atoms with Crippen LogP contribution in [0.3, 0.4) is 0 Å². The maximum atomic E-state index is 5.83. The molecule has 0 unspecified atom stereocenters. The molecule has 92 valence electrons. The van der Waals surface area contributed by atoms with Crippen LogP contribution in [0, 0.1) is 0 Å². The Balaban J connectivity index is 1.88. The summed E-state index contributed by atoms with van der Waals surface area (Å²) in [6, 6.07) is 6.80. The van der Waals surface area contributed by atoms with E-state index in [2.05, 4.69) is 32.0 Å². The molecule has 0 bridgehead atoms. The van der Waals surface area contributed by atoms with Crippen LogP contribution >= 0.6 is 0 Å². The summed E-state index contributed by atoms with van der Waals surface area (Å²) in [4.78, 5) is 0. The number of benzene rings is 1. The summed E-state index contributed by atoms with van der Waals surface area (Å²) in [5.74, 6) is 2.74. The lowest BCUT2D eigenvalue weighted by atomic mass is 9.77. The van der Waals surface area contributed by atoms with Crippen LogP contribution in [-0.4, -0.2) is 6.10 Å². The molecule has 0 aliphatic heterocycles. The van der Waals surface area contributed by atoms with Crippen molar-refractivity contribution in [1.82, 2.24) is 0 Å². The molecule has 17 heavy (non-hydrogen) atoms. The van der Waals surface area contributed by atoms with Crippen molar-refractivity contribution in [3.63, 3.8) is 0 Å². The Morgan fingerprint density at radius 1 is 1.00 bits per heavy atom. The summed E-state index contributed by atoms with van der Waals surface area (Å²) >= 11 is 0. The highest BCUT2D eigenvalue weighted by Crippen LogP contribution is 2.48. The fraction of sp³-hybridized carbons (Fsp3) is 0.625. The molecule has 3 rings (SSSR count). The minimum absolute atomic E-state index is 0.274. The van der Waals surface area contributed by atoms with Crippen LogP contribution in [0.25, 0.3) is 0 Å². The van der Waals surface area contributed by atoms with Crippen LogP contribution in [0.5, 0.6) is 5.75 Å². The van der Waals surface area contributed by atoms with Crippen LogP contribution in [-0.2, 0) is 0 Å². The standard InChI is InChI=1S/C16H22O/c1-11(2)17-14-8-9-15(13-6-7-13)16(10-14)12-4-3-5-12/h8-13H,3-7H2,1-2H3. The molecule has 0 spiro atoms. The number of hydrogen-bond acceptors (Lipinski definition) is 1. The first kappa shape index (κ1) is 11.1. The molecule has 0 amide bonds. The Hall–Kier alpha value is -0.980. The van der Waals surface area contributed by atoms with Gasteiger partial charge in [-0.05, 0) is 74.6 Å². The molecule has 2 fully saturated rings. The van der Waals surface area contributed by atoms with Crippen LogP contribution in [0.2, 0.25) is 0 Å². The van der Waals surface area contributed by atoms with Crippen molar-refractivity contribution in [3.8, 4) is 5.75 Å². The van der Waals surface area contributed by atoms with Crippen molar-refractivity contribution in [1.29, 1.82) is 0 Å². The molecule has 1 heteroatoms. The highest BCUT2D eigenvalue weighted by atomic mass is 16.5. The first-order valence-electron chi connectivity index (χ1n) is 7.04. The van der Waals surface area contributed by atoms with Gasteiger partial charge in [-0.1, -0.05) is 12.5 Å². The van der Waals surface area contributed by atoms with E-state index in [0.29, 0.717) is 0 Å². The molecule has 0 N–H and O–H groups in total. The minimum atomic E-state index is 0.274. The molecule has 1 nitrogen and oxygen atoms in total. The monoisotopic (exact) mass is 230 g/mol. The molecule has 1 aromatic carbocycles. The molecule has 0 aromatic heterocycles. The fourth-order valence-electron chi connectivity index (χ4n) is 2.74. The highest BCUT2D eigenvalue weighted by Gasteiger charge is 2.30. The maximum absolute atomic E-state index is 5.83. The van der Waals surface area contributed by atoms with Gasteiger partial charge in [0.1, 0.15) is 5.75 Å². The summed E-state index contributed by atoms with van der Waals surface area (Å²) in [6.45, 7) is 4.19. The zero-order chi connectivity index (χ0) is 11.8. The Labute approximate surface area is 104 Å². The SMILES string of the molecule is CC(C)Oc1ccc(C2CC2)c(C2CCC2)c1. The lowest BCUT2D eigenvalue weighted by Gasteiger charge is -2.28. The number of hydrogen-bond donors (Lipinski definition) is 0. The van der Waals surface area contributed by atoms with Crippen molar-refractivity contribution < 1.29 is 4.74 Å². The maximum Gasteiger partial charge on any atom is 0.119 e. The normalized spacial score (nSPS) is 20.4. The Kier molecular flexibility index (Phi) is 2.85. The molecular weight excluding hydrogens is 208 g/mol. The third kappa shape index (κ3) is 2.34.